The summed E-state index contributed by atoms with van der Waals surface area (Å²) in [5, 5.41) is 9.63. The normalized spacial score (nSPS) is 23.4. The van der Waals surface area contributed by atoms with Gasteiger partial charge in [0.25, 0.3) is 0 Å². The van der Waals surface area contributed by atoms with Gasteiger partial charge < -0.3 is 14.9 Å². The predicted octanol–water partition coefficient (Wildman–Crippen LogP) is 3.22. The molecule has 2 heterocycles. The van der Waals surface area contributed by atoms with Gasteiger partial charge in [0.1, 0.15) is 5.75 Å². The zero-order valence-electron chi connectivity index (χ0n) is 14.8. The highest BCUT2D eigenvalue weighted by molar-refractivity contribution is 5.76. The number of amides is 1. The highest BCUT2D eigenvalue weighted by Crippen LogP contribution is 2.29. The quantitative estimate of drug-likeness (QED) is 0.922. The number of phenolic OH excluding ortho intramolecular Hbond substituents is 1. The number of aromatic hydroxyl groups is 1. The Morgan fingerprint density at radius 2 is 2.00 bits per heavy atom. The molecular formula is C20H30N2O2. The van der Waals surface area contributed by atoms with Crippen LogP contribution in [0.25, 0.3) is 0 Å². The molecule has 1 aromatic rings. The number of hydrogen-bond acceptors (Lipinski definition) is 3. The lowest BCUT2D eigenvalue weighted by Crippen LogP contribution is -2.41. The molecule has 2 aliphatic rings. The smallest absolute Gasteiger partial charge is 0.223 e. The van der Waals surface area contributed by atoms with E-state index in [-0.39, 0.29) is 0 Å². The van der Waals surface area contributed by atoms with Crippen molar-refractivity contribution in [2.75, 3.05) is 32.7 Å². The van der Waals surface area contributed by atoms with Crippen LogP contribution >= 0.6 is 0 Å². The second-order valence-corrected chi connectivity index (χ2v) is 7.55. The molecule has 0 radical (unpaired) electrons. The Labute approximate surface area is 145 Å². The van der Waals surface area contributed by atoms with Crippen LogP contribution in [0.3, 0.4) is 0 Å². The second-order valence-electron chi connectivity index (χ2n) is 7.55. The third kappa shape index (κ3) is 4.50. The summed E-state index contributed by atoms with van der Waals surface area (Å²) < 4.78 is 0. The van der Waals surface area contributed by atoms with Gasteiger partial charge in [-0.05, 0) is 68.3 Å². The Hall–Kier alpha value is -1.55. The maximum absolute atomic E-state index is 12.4. The molecule has 3 rings (SSSR count). The van der Waals surface area contributed by atoms with Crippen LogP contribution in [0.15, 0.2) is 24.3 Å². The van der Waals surface area contributed by atoms with E-state index in [2.05, 4.69) is 22.8 Å². The minimum Gasteiger partial charge on any atom is -0.508 e. The predicted molar refractivity (Wildman–Crippen MR) is 96.1 cm³/mol. The molecule has 1 unspecified atom stereocenters. The fourth-order valence-corrected chi connectivity index (χ4v) is 4.10. The van der Waals surface area contributed by atoms with E-state index in [4.69, 9.17) is 0 Å². The van der Waals surface area contributed by atoms with Crippen LogP contribution in [0.5, 0.6) is 5.75 Å². The number of phenols is 1. The number of nitrogens with zero attached hydrogens (tertiary/aromatic N) is 2. The highest BCUT2D eigenvalue weighted by atomic mass is 16.3. The first-order chi connectivity index (χ1) is 11.6. The van der Waals surface area contributed by atoms with E-state index in [1.54, 1.807) is 6.07 Å². The first kappa shape index (κ1) is 17.3. The van der Waals surface area contributed by atoms with Gasteiger partial charge in [-0.25, -0.2) is 0 Å². The molecular weight excluding hydrogens is 300 g/mol. The summed E-state index contributed by atoms with van der Waals surface area (Å²) in [6.45, 7) is 7.11. The van der Waals surface area contributed by atoms with E-state index in [9.17, 15) is 9.90 Å². The summed E-state index contributed by atoms with van der Waals surface area (Å²) in [4.78, 5) is 16.9. The van der Waals surface area contributed by atoms with Crippen molar-refractivity contribution in [1.82, 2.24) is 9.80 Å². The number of carbonyl (C=O) groups excluding carboxylic acids is 1. The molecule has 0 saturated carbocycles. The average molecular weight is 330 g/mol. The van der Waals surface area contributed by atoms with E-state index in [0.717, 1.165) is 52.0 Å². The fraction of sp³-hybridized carbons (Fsp3) is 0.650. The number of benzene rings is 1. The lowest BCUT2D eigenvalue weighted by molar-refractivity contribution is -0.133. The SMILES string of the molecule is CC1CCCN(C(=O)CCN2CCC(c3cccc(O)c3)CC2)C1. The maximum Gasteiger partial charge on any atom is 0.223 e. The van der Waals surface area contributed by atoms with Crippen molar-refractivity contribution in [3.8, 4) is 5.75 Å². The Kier molecular flexibility index (Phi) is 5.77. The van der Waals surface area contributed by atoms with Crippen molar-refractivity contribution in [3.63, 3.8) is 0 Å². The second kappa shape index (κ2) is 8.02. The van der Waals surface area contributed by atoms with Gasteiger partial charge in [-0.1, -0.05) is 19.1 Å². The molecule has 4 nitrogen and oxygen atoms in total. The standard InChI is InChI=1S/C20H30N2O2/c1-16-4-3-10-22(15-16)20(24)9-13-21-11-7-17(8-12-21)18-5-2-6-19(23)14-18/h2,5-6,14,16-17,23H,3-4,7-13,15H2,1H3. The molecule has 2 fully saturated rings. The molecule has 132 valence electrons. The third-order valence-electron chi connectivity index (χ3n) is 5.58. The lowest BCUT2D eigenvalue weighted by Gasteiger charge is -2.34. The lowest BCUT2D eigenvalue weighted by atomic mass is 9.89. The maximum atomic E-state index is 12.4. The van der Waals surface area contributed by atoms with Crippen molar-refractivity contribution < 1.29 is 9.90 Å². The van der Waals surface area contributed by atoms with Crippen LogP contribution in [0.4, 0.5) is 0 Å². The van der Waals surface area contributed by atoms with Crippen LogP contribution in [0, 0.1) is 5.92 Å². The van der Waals surface area contributed by atoms with Crippen LogP contribution in [0.1, 0.15) is 50.5 Å². The molecule has 24 heavy (non-hydrogen) atoms. The molecule has 1 amide bonds. The largest absolute Gasteiger partial charge is 0.508 e. The van der Waals surface area contributed by atoms with Gasteiger partial charge >= 0.3 is 0 Å². The zero-order valence-corrected chi connectivity index (χ0v) is 14.8. The van der Waals surface area contributed by atoms with E-state index in [1.165, 1.54) is 12.0 Å². The number of hydrogen-bond donors (Lipinski definition) is 1. The van der Waals surface area contributed by atoms with Gasteiger partial charge in [0.2, 0.25) is 5.91 Å². The Morgan fingerprint density at radius 1 is 1.21 bits per heavy atom. The van der Waals surface area contributed by atoms with Crippen molar-refractivity contribution in [2.45, 2.75) is 44.9 Å². The number of likely N-dealkylation sites (tertiary alicyclic amines) is 2. The Bertz CT molecular complexity index is 552. The number of piperidine rings is 2. The molecule has 0 aliphatic carbocycles. The monoisotopic (exact) mass is 330 g/mol. The van der Waals surface area contributed by atoms with Gasteiger partial charge in [0, 0.05) is 26.1 Å². The fourth-order valence-electron chi connectivity index (χ4n) is 4.10. The van der Waals surface area contributed by atoms with E-state index < -0.39 is 0 Å². The number of rotatable bonds is 4. The highest BCUT2D eigenvalue weighted by Gasteiger charge is 2.24. The first-order valence-corrected chi connectivity index (χ1v) is 9.41. The minimum atomic E-state index is 0.330. The van der Waals surface area contributed by atoms with Gasteiger partial charge in [0.05, 0.1) is 0 Å². The zero-order chi connectivity index (χ0) is 16.9. The number of carbonyl (C=O) groups is 1. The molecule has 0 spiro atoms. The summed E-state index contributed by atoms with van der Waals surface area (Å²) in [6.07, 6.45) is 5.29. The Morgan fingerprint density at radius 3 is 2.71 bits per heavy atom. The molecule has 4 heteroatoms. The summed E-state index contributed by atoms with van der Waals surface area (Å²) in [6, 6.07) is 7.66. The molecule has 0 aromatic heterocycles. The summed E-state index contributed by atoms with van der Waals surface area (Å²) >= 11 is 0. The van der Waals surface area contributed by atoms with Crippen LogP contribution in [0.2, 0.25) is 0 Å². The molecule has 1 aromatic carbocycles. The van der Waals surface area contributed by atoms with Crippen LogP contribution in [-0.4, -0.2) is 53.5 Å². The van der Waals surface area contributed by atoms with Gasteiger partial charge in [-0.15, -0.1) is 0 Å². The van der Waals surface area contributed by atoms with Gasteiger partial charge in [-0.3, -0.25) is 4.79 Å². The van der Waals surface area contributed by atoms with E-state index in [1.807, 2.05) is 12.1 Å². The molecule has 2 saturated heterocycles. The average Bonchev–Trinajstić information content (AvgIpc) is 2.60. The van der Waals surface area contributed by atoms with Crippen molar-refractivity contribution in [3.05, 3.63) is 29.8 Å². The Balaban J connectivity index is 1.41. The van der Waals surface area contributed by atoms with Crippen LogP contribution in [-0.2, 0) is 4.79 Å². The van der Waals surface area contributed by atoms with Crippen molar-refractivity contribution in [1.29, 1.82) is 0 Å². The topological polar surface area (TPSA) is 43.8 Å². The van der Waals surface area contributed by atoms with Crippen molar-refractivity contribution >= 4 is 5.91 Å². The molecule has 2 aliphatic heterocycles. The minimum absolute atomic E-state index is 0.330. The third-order valence-corrected chi connectivity index (χ3v) is 5.58. The van der Waals surface area contributed by atoms with Crippen LogP contribution < -0.4 is 0 Å². The van der Waals surface area contributed by atoms with Gasteiger partial charge in [0.15, 0.2) is 0 Å². The summed E-state index contributed by atoms with van der Waals surface area (Å²) in [5.74, 6) is 1.88. The molecule has 1 atom stereocenters. The molecule has 0 bridgehead atoms. The van der Waals surface area contributed by atoms with Gasteiger partial charge in [-0.2, -0.15) is 0 Å². The first-order valence-electron chi connectivity index (χ1n) is 9.41. The van der Waals surface area contributed by atoms with E-state index in [0.29, 0.717) is 29.9 Å². The molecule has 1 N–H and O–H groups in total. The van der Waals surface area contributed by atoms with E-state index >= 15 is 0 Å². The summed E-state index contributed by atoms with van der Waals surface area (Å²) in [5.41, 5.74) is 1.24. The summed E-state index contributed by atoms with van der Waals surface area (Å²) in [7, 11) is 0. The van der Waals surface area contributed by atoms with Crippen molar-refractivity contribution in [2.24, 2.45) is 5.92 Å².